The van der Waals surface area contributed by atoms with Gasteiger partial charge in [-0.15, -0.1) is 0 Å². The van der Waals surface area contributed by atoms with E-state index >= 15 is 0 Å². The number of nitrogens with zero attached hydrogens (tertiary/aromatic N) is 1. The molecule has 0 saturated heterocycles. The molecule has 1 aromatic carbocycles. The van der Waals surface area contributed by atoms with E-state index in [4.69, 9.17) is 15.2 Å². The first-order valence-electron chi connectivity index (χ1n) is 7.32. The number of benzene rings is 1. The number of unbranched alkanes of at least 4 members (excludes halogenated alkanes) is 1. The second-order valence-corrected chi connectivity index (χ2v) is 5.78. The predicted octanol–water partition coefficient (Wildman–Crippen LogP) is 0.998. The molecule has 0 aliphatic rings. The Bertz CT molecular complexity index is 592. The Morgan fingerprint density at radius 2 is 1.83 bits per heavy atom. The summed E-state index contributed by atoms with van der Waals surface area (Å²) in [6.45, 7) is 1.99. The van der Waals surface area contributed by atoms with Gasteiger partial charge in [0.25, 0.3) is 0 Å². The van der Waals surface area contributed by atoms with Crippen molar-refractivity contribution in [2.45, 2.75) is 37.2 Å². The quantitative estimate of drug-likeness (QED) is 0.163. The summed E-state index contributed by atoms with van der Waals surface area (Å²) < 4.78 is 10.1. The first-order chi connectivity index (χ1) is 11.3. The average Bonchev–Trinajstić information content (AvgIpc) is 2.59. The molecule has 0 unspecified atom stereocenters. The van der Waals surface area contributed by atoms with E-state index in [1.807, 2.05) is 6.92 Å². The Labute approximate surface area is 147 Å². The number of nitrogens with two attached hydrogens (primary N) is 1. The van der Waals surface area contributed by atoms with Gasteiger partial charge in [0.2, 0.25) is 0 Å². The van der Waals surface area contributed by atoms with Crippen LogP contribution in [0, 0.1) is 10.1 Å². The van der Waals surface area contributed by atoms with Crippen LogP contribution in [0.15, 0.2) is 24.3 Å². The minimum atomic E-state index is -1.88. The van der Waals surface area contributed by atoms with Crippen molar-refractivity contribution in [2.24, 2.45) is 5.73 Å². The van der Waals surface area contributed by atoms with E-state index in [2.05, 4.69) is 16.0 Å². The fourth-order valence-corrected chi connectivity index (χ4v) is 2.18. The van der Waals surface area contributed by atoms with E-state index in [-0.39, 0.29) is 24.2 Å². The van der Waals surface area contributed by atoms with Gasteiger partial charge in [-0.2, -0.15) is 0 Å². The molecule has 0 spiro atoms. The molecule has 0 aromatic heterocycles. The Morgan fingerprint density at radius 3 is 2.33 bits per heavy atom. The Hall–Kier alpha value is -1.96. The van der Waals surface area contributed by atoms with Gasteiger partial charge in [-0.3, -0.25) is 0 Å². The van der Waals surface area contributed by atoms with Crippen LogP contribution in [0.4, 0.5) is 5.69 Å². The molecule has 2 N–H and O–H groups in total. The van der Waals surface area contributed by atoms with E-state index < -0.39 is 22.4 Å². The number of nitro benzene ring substituents is 1. The second-order valence-electron chi connectivity index (χ2n) is 5.12. The van der Waals surface area contributed by atoms with E-state index in [9.17, 15) is 19.7 Å². The number of esters is 2. The van der Waals surface area contributed by atoms with Crippen molar-refractivity contribution in [3.8, 4) is 0 Å². The number of carbonyl (C=O) groups is 2. The third-order valence-electron chi connectivity index (χ3n) is 3.23. The Kier molecular flexibility index (Phi) is 7.84. The maximum absolute atomic E-state index is 12.2. The van der Waals surface area contributed by atoms with Crippen molar-refractivity contribution >= 4 is 33.6 Å². The van der Waals surface area contributed by atoms with Crippen molar-refractivity contribution < 1.29 is 24.0 Å². The van der Waals surface area contributed by atoms with Crippen molar-refractivity contribution in [1.82, 2.24) is 0 Å². The molecule has 1 aromatic rings. The third-order valence-corrected chi connectivity index (χ3v) is 4.27. The van der Waals surface area contributed by atoms with E-state index in [1.54, 1.807) is 0 Å². The molecule has 1 atom stereocenters. The zero-order valence-electron chi connectivity index (χ0n) is 13.3. The van der Waals surface area contributed by atoms with Crippen molar-refractivity contribution in [1.29, 1.82) is 0 Å². The number of hydrogen-bond acceptors (Lipinski definition) is 7. The number of nitro groups is 1. The molecule has 9 heteroatoms. The van der Waals surface area contributed by atoms with Gasteiger partial charge < -0.3 is 0 Å². The summed E-state index contributed by atoms with van der Waals surface area (Å²) in [5, 5.41) is 10.6. The molecule has 0 saturated carbocycles. The summed E-state index contributed by atoms with van der Waals surface area (Å²) in [6.07, 6.45) is 1.52. The summed E-state index contributed by atoms with van der Waals surface area (Å²) >= 11 is 2.07. The molecule has 0 fully saturated rings. The molecule has 0 amide bonds. The summed E-state index contributed by atoms with van der Waals surface area (Å²) in [6, 6.07) is 5.53. The van der Waals surface area contributed by atoms with Gasteiger partial charge in [-0.05, 0) is 0 Å². The van der Waals surface area contributed by atoms with E-state index in [1.165, 1.54) is 24.3 Å². The van der Waals surface area contributed by atoms with Gasteiger partial charge in [0, 0.05) is 0 Å². The SMILES string of the molecule is CCCCOC(=O)[C@](N)(C[SeH])C(=O)OCc1ccc([N+](=O)[O-])cc1. The van der Waals surface area contributed by atoms with Crippen LogP contribution in [-0.2, 0) is 25.7 Å². The molecule has 132 valence electrons. The first kappa shape index (κ1) is 20.1. The van der Waals surface area contributed by atoms with Gasteiger partial charge in [-0.25, -0.2) is 0 Å². The third kappa shape index (κ3) is 5.30. The van der Waals surface area contributed by atoms with Crippen LogP contribution < -0.4 is 5.73 Å². The molecule has 8 nitrogen and oxygen atoms in total. The predicted molar refractivity (Wildman–Crippen MR) is 87.6 cm³/mol. The molecule has 1 rings (SSSR count). The number of non-ortho nitro benzene ring substituents is 1. The number of rotatable bonds is 9. The molecule has 0 aliphatic carbocycles. The maximum atomic E-state index is 12.2. The molecule has 0 bridgehead atoms. The molecule has 24 heavy (non-hydrogen) atoms. The minimum absolute atomic E-state index is 0.0238. The number of carbonyl (C=O) groups excluding carboxylic acids is 2. The monoisotopic (exact) mass is 404 g/mol. The number of ether oxygens (including phenoxy) is 2. The molecule has 0 heterocycles. The first-order valence-corrected chi connectivity index (χ1v) is 8.65. The summed E-state index contributed by atoms with van der Waals surface area (Å²) in [7, 11) is 0. The summed E-state index contributed by atoms with van der Waals surface area (Å²) in [4.78, 5) is 34.2. The molecular formula is C15H20N2O6Se. The fourth-order valence-electron chi connectivity index (χ4n) is 1.64. The van der Waals surface area contributed by atoms with Crippen LogP contribution in [0.3, 0.4) is 0 Å². The molecule has 0 radical (unpaired) electrons. The van der Waals surface area contributed by atoms with Gasteiger partial charge in [0.1, 0.15) is 0 Å². The standard InChI is InChI=1S/C15H20N2O6Se/c1-2-3-8-22-13(18)15(16,10-24)14(19)23-9-11-4-6-12(7-5-11)17(20)21/h4-7,24H,2-3,8-10,16H2,1H3/t15-/m1/s1. The van der Waals surface area contributed by atoms with Crippen LogP contribution in [0.5, 0.6) is 0 Å². The van der Waals surface area contributed by atoms with Gasteiger partial charge in [0.15, 0.2) is 0 Å². The summed E-state index contributed by atoms with van der Waals surface area (Å²) in [5.41, 5.74) is 4.44. The van der Waals surface area contributed by atoms with Gasteiger partial charge in [0.05, 0.1) is 0 Å². The van der Waals surface area contributed by atoms with Crippen LogP contribution in [0.25, 0.3) is 0 Å². The zero-order chi connectivity index (χ0) is 18.2. The van der Waals surface area contributed by atoms with Crippen molar-refractivity contribution in [3.05, 3.63) is 39.9 Å². The van der Waals surface area contributed by atoms with Gasteiger partial charge in [-0.1, -0.05) is 0 Å². The Morgan fingerprint density at radius 1 is 1.25 bits per heavy atom. The average molecular weight is 403 g/mol. The van der Waals surface area contributed by atoms with Crippen molar-refractivity contribution in [2.75, 3.05) is 6.61 Å². The van der Waals surface area contributed by atoms with Crippen LogP contribution >= 0.6 is 0 Å². The number of hydrogen-bond donors (Lipinski definition) is 1. The second kappa shape index (κ2) is 9.36. The van der Waals surface area contributed by atoms with Crippen molar-refractivity contribution in [3.63, 3.8) is 0 Å². The summed E-state index contributed by atoms with van der Waals surface area (Å²) in [5.74, 6) is -1.73. The van der Waals surface area contributed by atoms with E-state index in [0.717, 1.165) is 6.42 Å². The van der Waals surface area contributed by atoms with Crippen LogP contribution in [0.2, 0.25) is 5.32 Å². The Balaban J connectivity index is 2.66. The zero-order valence-corrected chi connectivity index (χ0v) is 15.1. The normalized spacial score (nSPS) is 13.0. The van der Waals surface area contributed by atoms with Crippen LogP contribution in [-0.4, -0.2) is 45.0 Å². The molecular weight excluding hydrogens is 383 g/mol. The van der Waals surface area contributed by atoms with Gasteiger partial charge >= 0.3 is 147 Å². The fraction of sp³-hybridized carbons (Fsp3) is 0.467. The van der Waals surface area contributed by atoms with Crippen LogP contribution in [0.1, 0.15) is 25.3 Å². The van der Waals surface area contributed by atoms with E-state index in [0.29, 0.717) is 12.0 Å². The topological polar surface area (TPSA) is 122 Å². The molecule has 0 aliphatic heterocycles.